The fraction of sp³-hybridized carbons (Fsp3) is 0. The second-order valence-corrected chi connectivity index (χ2v) is 13.6. The summed E-state index contributed by atoms with van der Waals surface area (Å²) in [4.78, 5) is 0. The summed E-state index contributed by atoms with van der Waals surface area (Å²) in [6, 6.07) is 64.8. The van der Waals surface area contributed by atoms with E-state index in [1.54, 1.807) is 0 Å². The number of benzene rings is 9. The summed E-state index contributed by atoms with van der Waals surface area (Å²) in [5.41, 5.74) is 14.0. The molecule has 2 aliphatic heterocycles. The molecule has 0 saturated heterocycles. The second kappa shape index (κ2) is 11.3. The van der Waals surface area contributed by atoms with Gasteiger partial charge in [-0.05, 0) is 91.7 Å². The van der Waals surface area contributed by atoms with E-state index in [0.29, 0.717) is 0 Å². The van der Waals surface area contributed by atoms with Gasteiger partial charge in [0.15, 0.2) is 0 Å². The van der Waals surface area contributed by atoms with E-state index in [1.807, 2.05) is 0 Å². The SMILES string of the molecule is c1ccc(-c2ccc(-c3ccc4c(c3)-c3c5ccccc5c5c6c(ccc(c36)O4)Oc3ccc(-c4ccc(-c6ccccc6)cc4)cc3-5)cc2)cc1. The molecule has 242 valence electrons. The van der Waals surface area contributed by atoms with E-state index in [2.05, 4.69) is 182 Å². The summed E-state index contributed by atoms with van der Waals surface area (Å²) in [5, 5.41) is 4.60. The van der Waals surface area contributed by atoms with Crippen LogP contribution < -0.4 is 9.47 Å². The van der Waals surface area contributed by atoms with E-state index < -0.39 is 0 Å². The predicted octanol–water partition coefficient (Wildman–Crippen LogP) is 14.2. The van der Waals surface area contributed by atoms with Crippen LogP contribution in [0.1, 0.15) is 0 Å². The van der Waals surface area contributed by atoms with Gasteiger partial charge in [-0.3, -0.25) is 0 Å². The molecule has 2 heterocycles. The van der Waals surface area contributed by atoms with Crippen LogP contribution in [0.25, 0.3) is 88.3 Å². The molecule has 0 amide bonds. The minimum Gasteiger partial charge on any atom is -0.456 e. The molecule has 2 heteroatoms. The Hall–Kier alpha value is -6.90. The fourth-order valence-electron chi connectivity index (χ4n) is 8.18. The molecule has 0 saturated carbocycles. The normalized spacial score (nSPS) is 12.2. The Morgan fingerprint density at radius 2 is 0.558 bits per heavy atom. The molecule has 0 N–H and O–H groups in total. The van der Waals surface area contributed by atoms with Gasteiger partial charge in [-0.25, -0.2) is 0 Å². The maximum Gasteiger partial charge on any atom is 0.136 e. The molecule has 11 rings (SSSR count). The first-order valence-electron chi connectivity index (χ1n) is 17.7. The first-order valence-corrected chi connectivity index (χ1v) is 17.7. The summed E-state index contributed by atoms with van der Waals surface area (Å²) >= 11 is 0. The minimum atomic E-state index is 0.855. The predicted molar refractivity (Wildman–Crippen MR) is 214 cm³/mol. The van der Waals surface area contributed by atoms with Crippen molar-refractivity contribution in [3.8, 4) is 89.8 Å². The van der Waals surface area contributed by atoms with Crippen LogP contribution in [-0.4, -0.2) is 0 Å². The highest BCUT2D eigenvalue weighted by Gasteiger charge is 2.31. The van der Waals surface area contributed by atoms with Gasteiger partial charge in [-0.15, -0.1) is 0 Å². The van der Waals surface area contributed by atoms with Crippen molar-refractivity contribution < 1.29 is 9.47 Å². The molecule has 0 fully saturated rings. The van der Waals surface area contributed by atoms with Crippen molar-refractivity contribution in [2.24, 2.45) is 0 Å². The average molecular weight is 663 g/mol. The standard InChI is InChI=1S/C50H30O2/c1-3-9-31(10-4-1)33-15-19-35(20-16-33)37-23-25-43-41(29-37)47-39-13-7-8-14-40(39)48-42-30-38(36-21-17-34(18-22-36)32-11-5-2-6-12-32)24-26-44(42)52-46-28-27-45(51-43)49(47)50(46)48/h1-30H. The molecule has 0 radical (unpaired) electrons. The second-order valence-electron chi connectivity index (χ2n) is 13.6. The Kier molecular flexibility index (Phi) is 6.28. The molecular formula is C50H30O2. The molecular weight excluding hydrogens is 633 g/mol. The summed E-state index contributed by atoms with van der Waals surface area (Å²) < 4.78 is 13.4. The minimum absolute atomic E-state index is 0.855. The summed E-state index contributed by atoms with van der Waals surface area (Å²) in [6.07, 6.45) is 0. The molecule has 2 aliphatic rings. The third-order valence-corrected chi connectivity index (χ3v) is 10.7. The van der Waals surface area contributed by atoms with Crippen LogP contribution in [0.15, 0.2) is 182 Å². The zero-order chi connectivity index (χ0) is 34.2. The van der Waals surface area contributed by atoms with Gasteiger partial charge in [0.25, 0.3) is 0 Å². The number of fused-ring (bicyclic) bond motifs is 7. The van der Waals surface area contributed by atoms with Crippen LogP contribution in [0.5, 0.6) is 23.0 Å². The maximum absolute atomic E-state index is 6.72. The van der Waals surface area contributed by atoms with Crippen molar-refractivity contribution in [2.75, 3.05) is 0 Å². The van der Waals surface area contributed by atoms with Gasteiger partial charge in [-0.2, -0.15) is 0 Å². The number of ether oxygens (including phenoxy) is 2. The van der Waals surface area contributed by atoms with Crippen molar-refractivity contribution in [3.63, 3.8) is 0 Å². The van der Waals surface area contributed by atoms with E-state index in [4.69, 9.17) is 9.47 Å². The van der Waals surface area contributed by atoms with Gasteiger partial charge in [0, 0.05) is 33.0 Å². The van der Waals surface area contributed by atoms with Crippen molar-refractivity contribution in [1.29, 1.82) is 0 Å². The van der Waals surface area contributed by atoms with Crippen molar-refractivity contribution in [3.05, 3.63) is 182 Å². The van der Waals surface area contributed by atoms with E-state index in [1.165, 1.54) is 55.3 Å². The lowest BCUT2D eigenvalue weighted by Crippen LogP contribution is -2.04. The first kappa shape index (κ1) is 28.9. The number of hydrogen-bond acceptors (Lipinski definition) is 2. The monoisotopic (exact) mass is 662 g/mol. The molecule has 2 nitrogen and oxygen atoms in total. The van der Waals surface area contributed by atoms with Crippen LogP contribution in [0, 0.1) is 0 Å². The average Bonchev–Trinajstić information content (AvgIpc) is 3.22. The van der Waals surface area contributed by atoms with Crippen molar-refractivity contribution in [1.82, 2.24) is 0 Å². The molecule has 9 aromatic carbocycles. The van der Waals surface area contributed by atoms with E-state index in [-0.39, 0.29) is 0 Å². The third kappa shape index (κ3) is 4.44. The highest BCUT2D eigenvalue weighted by molar-refractivity contribution is 6.27. The molecule has 0 aromatic heterocycles. The third-order valence-electron chi connectivity index (χ3n) is 10.7. The zero-order valence-corrected chi connectivity index (χ0v) is 28.1. The lowest BCUT2D eigenvalue weighted by molar-refractivity contribution is 0.476. The summed E-state index contributed by atoms with van der Waals surface area (Å²) in [6.45, 7) is 0. The molecule has 0 spiro atoms. The Morgan fingerprint density at radius 3 is 0.962 bits per heavy atom. The molecule has 0 atom stereocenters. The smallest absolute Gasteiger partial charge is 0.136 e. The number of hydrogen-bond donors (Lipinski definition) is 0. The van der Waals surface area contributed by atoms with Crippen LogP contribution in [-0.2, 0) is 0 Å². The van der Waals surface area contributed by atoms with Gasteiger partial charge in [-0.1, -0.05) is 146 Å². The lowest BCUT2D eigenvalue weighted by Gasteiger charge is -2.29. The van der Waals surface area contributed by atoms with E-state index in [0.717, 1.165) is 56.0 Å². The van der Waals surface area contributed by atoms with Crippen molar-refractivity contribution >= 4 is 21.5 Å². The number of rotatable bonds is 4. The van der Waals surface area contributed by atoms with Crippen LogP contribution in [0.2, 0.25) is 0 Å². The lowest BCUT2D eigenvalue weighted by atomic mass is 9.82. The quantitative estimate of drug-likeness (QED) is 0.175. The van der Waals surface area contributed by atoms with Gasteiger partial charge < -0.3 is 9.47 Å². The summed E-state index contributed by atoms with van der Waals surface area (Å²) in [5.74, 6) is 3.44. The fourth-order valence-corrected chi connectivity index (χ4v) is 8.18. The molecule has 52 heavy (non-hydrogen) atoms. The van der Waals surface area contributed by atoms with E-state index >= 15 is 0 Å². The highest BCUT2D eigenvalue weighted by atomic mass is 16.5. The van der Waals surface area contributed by atoms with Gasteiger partial charge in [0.05, 0.1) is 0 Å². The topological polar surface area (TPSA) is 18.5 Å². The van der Waals surface area contributed by atoms with Gasteiger partial charge in [0.2, 0.25) is 0 Å². The Morgan fingerprint density at radius 1 is 0.250 bits per heavy atom. The van der Waals surface area contributed by atoms with Crippen LogP contribution in [0.3, 0.4) is 0 Å². The van der Waals surface area contributed by atoms with Gasteiger partial charge >= 0.3 is 0 Å². The highest BCUT2D eigenvalue weighted by Crippen LogP contribution is 2.59. The maximum atomic E-state index is 6.72. The zero-order valence-electron chi connectivity index (χ0n) is 28.1. The Labute approximate surface area is 301 Å². The van der Waals surface area contributed by atoms with E-state index in [9.17, 15) is 0 Å². The summed E-state index contributed by atoms with van der Waals surface area (Å²) in [7, 11) is 0. The molecule has 0 aliphatic carbocycles. The Balaban J connectivity index is 1.08. The Bertz CT molecular complexity index is 2660. The molecule has 0 bridgehead atoms. The van der Waals surface area contributed by atoms with Gasteiger partial charge in [0.1, 0.15) is 23.0 Å². The van der Waals surface area contributed by atoms with Crippen LogP contribution in [0.4, 0.5) is 0 Å². The largest absolute Gasteiger partial charge is 0.456 e. The molecule has 9 aromatic rings. The first-order chi connectivity index (χ1) is 25.8. The molecule has 0 unspecified atom stereocenters. The van der Waals surface area contributed by atoms with Crippen molar-refractivity contribution in [2.45, 2.75) is 0 Å². The van der Waals surface area contributed by atoms with Crippen LogP contribution >= 0.6 is 0 Å².